The van der Waals surface area contributed by atoms with Crippen LogP contribution < -0.4 is 11.1 Å². The number of hydrogen-bond acceptors (Lipinski definition) is 3. The Morgan fingerprint density at radius 1 is 1.50 bits per heavy atom. The molecule has 1 aromatic rings. The van der Waals surface area contributed by atoms with E-state index >= 15 is 0 Å². The second kappa shape index (κ2) is 4.50. The first-order chi connectivity index (χ1) is 6.65. The van der Waals surface area contributed by atoms with Gasteiger partial charge in [-0.2, -0.15) is 0 Å². The summed E-state index contributed by atoms with van der Waals surface area (Å²) in [6.45, 7) is 3.84. The number of nitrogens with two attached hydrogens (primary N) is 1. The molecule has 1 unspecified atom stereocenters. The first-order valence-corrected chi connectivity index (χ1v) is 4.44. The summed E-state index contributed by atoms with van der Waals surface area (Å²) in [5.41, 5.74) is 7.57. The third-order valence-electron chi connectivity index (χ3n) is 2.08. The van der Waals surface area contributed by atoms with Crippen molar-refractivity contribution in [3.05, 3.63) is 29.8 Å². The van der Waals surface area contributed by atoms with E-state index in [1.54, 1.807) is 0 Å². The number of hydrogen-bond donors (Lipinski definition) is 3. The highest BCUT2D eigenvalue weighted by Crippen LogP contribution is 2.14. The van der Waals surface area contributed by atoms with E-state index in [0.29, 0.717) is 0 Å². The van der Waals surface area contributed by atoms with Crippen LogP contribution in [0.3, 0.4) is 0 Å². The maximum Gasteiger partial charge on any atom is 0.161 e. The molecular weight excluding hydrogens is 178 g/mol. The van der Waals surface area contributed by atoms with Gasteiger partial charge in [0.05, 0.1) is 6.04 Å². The molecule has 1 atom stereocenters. The number of para-hydroxylation sites is 1. The minimum absolute atomic E-state index is 0.174. The van der Waals surface area contributed by atoms with E-state index < -0.39 is 0 Å². The average molecular weight is 193 g/mol. The Bertz CT molecular complexity index is 336. The molecule has 0 aliphatic carbocycles. The predicted octanol–water partition coefficient (Wildman–Crippen LogP) is 1.54. The lowest BCUT2D eigenvalue weighted by Crippen LogP contribution is -2.33. The van der Waals surface area contributed by atoms with E-state index in [0.717, 1.165) is 11.3 Å². The Kier molecular flexibility index (Phi) is 3.34. The van der Waals surface area contributed by atoms with Crippen LogP contribution in [0, 0.1) is 6.92 Å². The summed E-state index contributed by atoms with van der Waals surface area (Å²) >= 11 is 0. The predicted molar refractivity (Wildman–Crippen MR) is 57.7 cm³/mol. The van der Waals surface area contributed by atoms with Crippen molar-refractivity contribution in [2.45, 2.75) is 19.9 Å². The van der Waals surface area contributed by atoms with Crippen molar-refractivity contribution in [1.82, 2.24) is 0 Å². The quantitative estimate of drug-likeness (QED) is 0.295. The molecule has 4 N–H and O–H groups in total. The summed E-state index contributed by atoms with van der Waals surface area (Å²) in [4.78, 5) is 0. The SMILES string of the molecule is Cc1ccccc1NC(C)/C(N)=N/O. The van der Waals surface area contributed by atoms with Crippen molar-refractivity contribution >= 4 is 11.5 Å². The summed E-state index contributed by atoms with van der Waals surface area (Å²) in [6.07, 6.45) is 0. The summed E-state index contributed by atoms with van der Waals surface area (Å²) in [5.74, 6) is 0.174. The van der Waals surface area contributed by atoms with Gasteiger partial charge in [-0.05, 0) is 25.5 Å². The average Bonchev–Trinajstić information content (AvgIpc) is 2.20. The van der Waals surface area contributed by atoms with Gasteiger partial charge in [0.25, 0.3) is 0 Å². The van der Waals surface area contributed by atoms with Crippen molar-refractivity contribution in [2.75, 3.05) is 5.32 Å². The van der Waals surface area contributed by atoms with Gasteiger partial charge >= 0.3 is 0 Å². The topological polar surface area (TPSA) is 70.6 Å². The highest BCUT2D eigenvalue weighted by Gasteiger charge is 2.07. The highest BCUT2D eigenvalue weighted by molar-refractivity contribution is 5.87. The van der Waals surface area contributed by atoms with Gasteiger partial charge in [-0.25, -0.2) is 0 Å². The Morgan fingerprint density at radius 3 is 2.71 bits per heavy atom. The molecule has 1 aromatic carbocycles. The molecular formula is C10H15N3O. The van der Waals surface area contributed by atoms with Gasteiger partial charge in [-0.1, -0.05) is 23.4 Å². The zero-order chi connectivity index (χ0) is 10.6. The van der Waals surface area contributed by atoms with Crippen LogP contribution in [0.15, 0.2) is 29.4 Å². The van der Waals surface area contributed by atoms with Gasteiger partial charge in [0.1, 0.15) is 0 Å². The molecule has 14 heavy (non-hydrogen) atoms. The molecule has 4 nitrogen and oxygen atoms in total. The van der Waals surface area contributed by atoms with Gasteiger partial charge in [0, 0.05) is 5.69 Å². The first-order valence-electron chi connectivity index (χ1n) is 4.44. The van der Waals surface area contributed by atoms with Crippen molar-refractivity contribution in [3.8, 4) is 0 Å². The second-order valence-electron chi connectivity index (χ2n) is 3.21. The van der Waals surface area contributed by atoms with Gasteiger partial charge < -0.3 is 16.3 Å². The van der Waals surface area contributed by atoms with Crippen molar-refractivity contribution in [1.29, 1.82) is 0 Å². The minimum atomic E-state index is -0.180. The number of nitrogens with one attached hydrogen (secondary N) is 1. The Morgan fingerprint density at radius 2 is 2.14 bits per heavy atom. The van der Waals surface area contributed by atoms with Gasteiger partial charge in [-0.3, -0.25) is 0 Å². The number of aryl methyl sites for hydroxylation is 1. The summed E-state index contributed by atoms with van der Waals surface area (Å²) in [6, 6.07) is 7.68. The molecule has 0 saturated carbocycles. The van der Waals surface area contributed by atoms with Crippen molar-refractivity contribution in [3.63, 3.8) is 0 Å². The zero-order valence-corrected chi connectivity index (χ0v) is 8.36. The second-order valence-corrected chi connectivity index (χ2v) is 3.21. The van der Waals surface area contributed by atoms with Crippen LogP contribution in [0.2, 0.25) is 0 Å². The van der Waals surface area contributed by atoms with Gasteiger partial charge in [0.15, 0.2) is 5.84 Å². The fourth-order valence-corrected chi connectivity index (χ4v) is 1.13. The lowest BCUT2D eigenvalue weighted by molar-refractivity contribution is 0.316. The number of rotatable bonds is 3. The van der Waals surface area contributed by atoms with Gasteiger partial charge in [-0.15, -0.1) is 0 Å². The lowest BCUT2D eigenvalue weighted by Gasteiger charge is -2.15. The molecule has 0 aliphatic heterocycles. The molecule has 0 amide bonds. The molecule has 1 rings (SSSR count). The van der Waals surface area contributed by atoms with E-state index in [2.05, 4.69) is 10.5 Å². The molecule has 0 aromatic heterocycles. The fraction of sp³-hybridized carbons (Fsp3) is 0.300. The van der Waals surface area contributed by atoms with Crippen LogP contribution in [-0.2, 0) is 0 Å². The molecule has 0 aliphatic rings. The third kappa shape index (κ3) is 2.39. The van der Waals surface area contributed by atoms with Crippen LogP contribution in [0.25, 0.3) is 0 Å². The minimum Gasteiger partial charge on any atom is -0.409 e. The molecule has 0 radical (unpaired) electrons. The smallest absolute Gasteiger partial charge is 0.161 e. The van der Waals surface area contributed by atoms with Crippen LogP contribution in [-0.4, -0.2) is 17.1 Å². The Labute approximate surface area is 83.4 Å². The Balaban J connectivity index is 2.74. The van der Waals surface area contributed by atoms with Gasteiger partial charge in [0.2, 0.25) is 0 Å². The molecule has 76 valence electrons. The first kappa shape index (κ1) is 10.4. The molecule has 0 spiro atoms. The highest BCUT2D eigenvalue weighted by atomic mass is 16.4. The summed E-state index contributed by atoms with van der Waals surface area (Å²) in [5, 5.41) is 14.6. The molecule has 0 saturated heterocycles. The fourth-order valence-electron chi connectivity index (χ4n) is 1.13. The van der Waals surface area contributed by atoms with E-state index in [9.17, 15) is 0 Å². The standard InChI is InChI=1S/C10H15N3O/c1-7-5-3-4-6-9(7)12-8(2)10(11)13-14/h3-6,8,12,14H,1-2H3,(H2,11,13). The Hall–Kier alpha value is -1.71. The molecule has 0 fully saturated rings. The number of amidine groups is 1. The maximum atomic E-state index is 8.48. The summed E-state index contributed by atoms with van der Waals surface area (Å²) < 4.78 is 0. The van der Waals surface area contributed by atoms with E-state index in [1.165, 1.54) is 0 Å². The van der Waals surface area contributed by atoms with E-state index in [4.69, 9.17) is 10.9 Å². The third-order valence-corrected chi connectivity index (χ3v) is 2.08. The van der Waals surface area contributed by atoms with E-state index in [-0.39, 0.29) is 11.9 Å². The lowest BCUT2D eigenvalue weighted by atomic mass is 10.2. The number of nitrogens with zero attached hydrogens (tertiary/aromatic N) is 1. The summed E-state index contributed by atoms with van der Waals surface area (Å²) in [7, 11) is 0. The molecule has 4 heteroatoms. The normalized spacial score (nSPS) is 13.7. The van der Waals surface area contributed by atoms with Crippen LogP contribution in [0.4, 0.5) is 5.69 Å². The van der Waals surface area contributed by atoms with Crippen LogP contribution in [0.5, 0.6) is 0 Å². The zero-order valence-electron chi connectivity index (χ0n) is 8.36. The van der Waals surface area contributed by atoms with Crippen LogP contribution in [0.1, 0.15) is 12.5 Å². The molecule has 0 heterocycles. The van der Waals surface area contributed by atoms with E-state index in [1.807, 2.05) is 38.1 Å². The largest absolute Gasteiger partial charge is 0.409 e. The number of oxime groups is 1. The monoisotopic (exact) mass is 193 g/mol. The maximum absolute atomic E-state index is 8.48. The number of benzene rings is 1. The van der Waals surface area contributed by atoms with Crippen LogP contribution >= 0.6 is 0 Å². The number of anilines is 1. The van der Waals surface area contributed by atoms with Crippen molar-refractivity contribution in [2.24, 2.45) is 10.9 Å². The molecule has 0 bridgehead atoms. The van der Waals surface area contributed by atoms with Crippen molar-refractivity contribution < 1.29 is 5.21 Å².